The fourth-order valence-corrected chi connectivity index (χ4v) is 2.72. The molecule has 2 amide bonds. The van der Waals surface area contributed by atoms with Gasteiger partial charge in [-0.25, -0.2) is 0 Å². The van der Waals surface area contributed by atoms with E-state index < -0.39 is 29.7 Å². The number of aliphatic hydroxyl groups excluding tert-OH is 1. The molecule has 0 spiro atoms. The second kappa shape index (κ2) is 6.80. The highest BCUT2D eigenvalue weighted by molar-refractivity contribution is 6.21. The number of nitrogens with zero attached hydrogens (tertiary/aromatic N) is 1. The molecular weight excluding hydrogens is 349 g/mol. The number of alkyl halides is 3. The van der Waals surface area contributed by atoms with E-state index in [4.69, 9.17) is 0 Å². The average Bonchev–Trinajstić information content (AvgIpc) is 2.85. The molecular formula is C18H15F3N2O3. The standard InChI is InChI=1S/C18H15F3N2O3/c19-18(20,21)11-4-3-5-12(8-11)22-9-13(24)10-23-16(25)14-6-1-2-7-15(14)17(23)26/h1-8,13,22,24H,9-10H2/t13-/m1/s1. The molecule has 0 aliphatic carbocycles. The van der Waals surface area contributed by atoms with Gasteiger partial charge in [-0.1, -0.05) is 18.2 Å². The summed E-state index contributed by atoms with van der Waals surface area (Å²) in [6, 6.07) is 10.9. The maximum atomic E-state index is 12.7. The van der Waals surface area contributed by atoms with Crippen LogP contribution in [0.1, 0.15) is 26.3 Å². The smallest absolute Gasteiger partial charge is 0.389 e. The fraction of sp³-hybridized carbons (Fsp3) is 0.222. The number of aliphatic hydroxyl groups is 1. The summed E-state index contributed by atoms with van der Waals surface area (Å²) in [5.74, 6) is -0.993. The molecule has 2 N–H and O–H groups in total. The number of nitrogens with one attached hydrogen (secondary N) is 1. The van der Waals surface area contributed by atoms with Gasteiger partial charge in [0.05, 0.1) is 29.3 Å². The number of fused-ring (bicyclic) bond motifs is 1. The van der Waals surface area contributed by atoms with Crippen LogP contribution in [0.3, 0.4) is 0 Å². The Balaban J connectivity index is 1.61. The van der Waals surface area contributed by atoms with Crippen molar-refractivity contribution in [2.45, 2.75) is 12.3 Å². The minimum Gasteiger partial charge on any atom is -0.389 e. The van der Waals surface area contributed by atoms with E-state index >= 15 is 0 Å². The lowest BCUT2D eigenvalue weighted by molar-refractivity contribution is -0.137. The van der Waals surface area contributed by atoms with Crippen LogP contribution in [0.15, 0.2) is 48.5 Å². The molecule has 26 heavy (non-hydrogen) atoms. The predicted molar refractivity (Wildman–Crippen MR) is 87.7 cm³/mol. The molecule has 0 bridgehead atoms. The van der Waals surface area contributed by atoms with Crippen LogP contribution in [0.5, 0.6) is 0 Å². The number of amides is 2. The molecule has 1 heterocycles. The van der Waals surface area contributed by atoms with Crippen LogP contribution < -0.4 is 5.32 Å². The van der Waals surface area contributed by atoms with Crippen LogP contribution in [-0.2, 0) is 6.18 Å². The van der Waals surface area contributed by atoms with Crippen molar-refractivity contribution in [3.05, 3.63) is 65.2 Å². The van der Waals surface area contributed by atoms with Crippen molar-refractivity contribution in [1.29, 1.82) is 0 Å². The van der Waals surface area contributed by atoms with E-state index in [1.807, 2.05) is 0 Å². The molecule has 136 valence electrons. The molecule has 3 rings (SSSR count). The van der Waals surface area contributed by atoms with Crippen molar-refractivity contribution in [3.8, 4) is 0 Å². The van der Waals surface area contributed by atoms with Gasteiger partial charge in [0.25, 0.3) is 11.8 Å². The van der Waals surface area contributed by atoms with E-state index in [1.165, 1.54) is 24.3 Å². The van der Waals surface area contributed by atoms with Crippen LogP contribution in [0, 0.1) is 0 Å². The Hall–Kier alpha value is -2.87. The number of anilines is 1. The highest BCUT2D eigenvalue weighted by Gasteiger charge is 2.36. The Bertz CT molecular complexity index is 817. The first-order valence-corrected chi connectivity index (χ1v) is 7.82. The van der Waals surface area contributed by atoms with E-state index in [0.717, 1.165) is 17.0 Å². The minimum atomic E-state index is -4.46. The molecule has 0 fully saturated rings. The van der Waals surface area contributed by atoms with E-state index in [2.05, 4.69) is 5.32 Å². The molecule has 5 nitrogen and oxygen atoms in total. The number of carbonyl (C=O) groups is 2. The van der Waals surface area contributed by atoms with Gasteiger partial charge in [-0.3, -0.25) is 14.5 Å². The normalized spacial score (nSPS) is 15.2. The maximum absolute atomic E-state index is 12.7. The van der Waals surface area contributed by atoms with E-state index in [1.54, 1.807) is 12.1 Å². The van der Waals surface area contributed by atoms with E-state index in [9.17, 15) is 27.9 Å². The molecule has 0 aromatic heterocycles. The summed E-state index contributed by atoms with van der Waals surface area (Å²) in [4.78, 5) is 25.4. The minimum absolute atomic E-state index is 0.116. The molecule has 1 aliphatic heterocycles. The first kappa shape index (κ1) is 17.9. The molecule has 0 saturated carbocycles. The number of halogens is 3. The Morgan fingerprint density at radius 3 is 2.19 bits per heavy atom. The second-order valence-electron chi connectivity index (χ2n) is 5.88. The van der Waals surface area contributed by atoms with Crippen LogP contribution in [0.4, 0.5) is 18.9 Å². The maximum Gasteiger partial charge on any atom is 0.416 e. The van der Waals surface area contributed by atoms with E-state index in [-0.39, 0.29) is 29.9 Å². The number of rotatable bonds is 5. The van der Waals surface area contributed by atoms with Crippen molar-refractivity contribution in [2.75, 3.05) is 18.4 Å². The first-order chi connectivity index (χ1) is 12.3. The largest absolute Gasteiger partial charge is 0.416 e. The van der Waals surface area contributed by atoms with Gasteiger partial charge in [0, 0.05) is 12.2 Å². The lowest BCUT2D eigenvalue weighted by Crippen LogP contribution is -2.39. The monoisotopic (exact) mass is 364 g/mol. The number of β-amino-alcohol motifs (C(OH)–C–C–N with tert-alkyl or cyclic N) is 1. The van der Waals surface area contributed by atoms with Crippen molar-refractivity contribution in [2.24, 2.45) is 0 Å². The lowest BCUT2D eigenvalue weighted by atomic mass is 10.1. The fourth-order valence-electron chi connectivity index (χ4n) is 2.72. The zero-order chi connectivity index (χ0) is 18.9. The van der Waals surface area contributed by atoms with Crippen LogP contribution in [-0.4, -0.2) is 41.0 Å². The SMILES string of the molecule is O=C1c2ccccc2C(=O)N1C[C@H](O)CNc1cccc(C(F)(F)F)c1. The zero-order valence-electron chi connectivity index (χ0n) is 13.5. The summed E-state index contributed by atoms with van der Waals surface area (Å²) in [6.45, 7) is -0.368. The van der Waals surface area contributed by atoms with Crippen LogP contribution >= 0.6 is 0 Å². The summed E-state index contributed by atoms with van der Waals surface area (Å²) in [5.41, 5.74) is -0.0790. The van der Waals surface area contributed by atoms with Crippen molar-refractivity contribution < 1.29 is 27.9 Å². The molecule has 0 radical (unpaired) electrons. The molecule has 0 unspecified atom stereocenters. The van der Waals surface area contributed by atoms with Crippen molar-refractivity contribution >= 4 is 17.5 Å². The molecule has 1 aliphatic rings. The summed E-state index contributed by atoms with van der Waals surface area (Å²) >= 11 is 0. The molecule has 1 atom stereocenters. The number of imide groups is 1. The summed E-state index contributed by atoms with van der Waals surface area (Å²) in [5, 5.41) is 12.8. The summed E-state index contributed by atoms with van der Waals surface area (Å²) in [6.07, 6.45) is -5.59. The van der Waals surface area contributed by atoms with Gasteiger partial charge >= 0.3 is 6.18 Å². The lowest BCUT2D eigenvalue weighted by Gasteiger charge is -2.19. The van der Waals surface area contributed by atoms with Gasteiger partial charge < -0.3 is 10.4 Å². The Morgan fingerprint density at radius 2 is 1.62 bits per heavy atom. The molecule has 8 heteroatoms. The predicted octanol–water partition coefficient (Wildman–Crippen LogP) is 2.77. The second-order valence-corrected chi connectivity index (χ2v) is 5.88. The van der Waals surface area contributed by atoms with Gasteiger partial charge in [0.15, 0.2) is 0 Å². The van der Waals surface area contributed by atoms with Gasteiger partial charge in [-0.15, -0.1) is 0 Å². The van der Waals surface area contributed by atoms with Gasteiger partial charge in [0.1, 0.15) is 0 Å². The van der Waals surface area contributed by atoms with Crippen molar-refractivity contribution in [3.63, 3.8) is 0 Å². The summed E-state index contributed by atoms with van der Waals surface area (Å²) < 4.78 is 38.1. The Morgan fingerprint density at radius 1 is 1.00 bits per heavy atom. The Labute approximate surface area is 147 Å². The summed E-state index contributed by atoms with van der Waals surface area (Å²) in [7, 11) is 0. The van der Waals surface area contributed by atoms with Gasteiger partial charge in [-0.2, -0.15) is 13.2 Å². The highest BCUT2D eigenvalue weighted by Crippen LogP contribution is 2.30. The van der Waals surface area contributed by atoms with Gasteiger partial charge in [-0.05, 0) is 30.3 Å². The number of carbonyl (C=O) groups excluding carboxylic acids is 2. The average molecular weight is 364 g/mol. The van der Waals surface area contributed by atoms with Crippen LogP contribution in [0.2, 0.25) is 0 Å². The van der Waals surface area contributed by atoms with Crippen LogP contribution in [0.25, 0.3) is 0 Å². The van der Waals surface area contributed by atoms with Gasteiger partial charge in [0.2, 0.25) is 0 Å². The van der Waals surface area contributed by atoms with Crippen molar-refractivity contribution in [1.82, 2.24) is 4.90 Å². The molecule has 0 saturated heterocycles. The number of hydrogen-bond donors (Lipinski definition) is 2. The number of hydrogen-bond acceptors (Lipinski definition) is 4. The quantitative estimate of drug-likeness (QED) is 0.801. The topological polar surface area (TPSA) is 69.6 Å². The first-order valence-electron chi connectivity index (χ1n) is 7.82. The number of benzene rings is 2. The third-order valence-corrected chi connectivity index (χ3v) is 4.00. The third kappa shape index (κ3) is 3.55. The zero-order valence-corrected chi connectivity index (χ0v) is 13.5. The highest BCUT2D eigenvalue weighted by atomic mass is 19.4. The molecule has 2 aromatic rings. The van der Waals surface area contributed by atoms with E-state index in [0.29, 0.717) is 0 Å². The molecule has 2 aromatic carbocycles. The Kier molecular flexibility index (Phi) is 4.69. The third-order valence-electron chi connectivity index (χ3n) is 4.00.